The predicted octanol–water partition coefficient (Wildman–Crippen LogP) is 13.0. The van der Waals surface area contributed by atoms with Crippen molar-refractivity contribution in [2.24, 2.45) is 0 Å². The molecule has 10 rings (SSSR count). The summed E-state index contributed by atoms with van der Waals surface area (Å²) in [5.74, 6) is 0. The molecular formula is C46H30N2O. The summed E-state index contributed by atoms with van der Waals surface area (Å²) in [6, 6.07) is 65.1. The van der Waals surface area contributed by atoms with Crippen molar-refractivity contribution in [1.29, 1.82) is 0 Å². The van der Waals surface area contributed by atoms with Crippen LogP contribution in [0.3, 0.4) is 0 Å². The van der Waals surface area contributed by atoms with Crippen LogP contribution < -0.4 is 4.90 Å². The molecule has 0 aliphatic heterocycles. The van der Waals surface area contributed by atoms with Gasteiger partial charge in [0, 0.05) is 44.3 Å². The number of anilines is 3. The summed E-state index contributed by atoms with van der Waals surface area (Å²) in [6.07, 6.45) is 0. The molecule has 10 aromatic rings. The first kappa shape index (κ1) is 27.5. The van der Waals surface area contributed by atoms with Crippen LogP contribution in [-0.2, 0) is 0 Å². The van der Waals surface area contributed by atoms with Crippen molar-refractivity contribution in [3.05, 3.63) is 182 Å². The van der Waals surface area contributed by atoms with Crippen LogP contribution in [0.5, 0.6) is 0 Å². The highest BCUT2D eigenvalue weighted by Crippen LogP contribution is 2.42. The van der Waals surface area contributed by atoms with Gasteiger partial charge in [0.25, 0.3) is 0 Å². The number of para-hydroxylation sites is 3. The Kier molecular flexibility index (Phi) is 6.18. The summed E-state index contributed by atoms with van der Waals surface area (Å²) in [5.41, 5.74) is 11.0. The number of aromatic nitrogens is 1. The summed E-state index contributed by atoms with van der Waals surface area (Å²) in [4.78, 5) is 2.36. The second-order valence-electron chi connectivity index (χ2n) is 12.6. The lowest BCUT2D eigenvalue weighted by molar-refractivity contribution is 0.669. The van der Waals surface area contributed by atoms with Crippen molar-refractivity contribution in [1.82, 2.24) is 4.57 Å². The zero-order chi connectivity index (χ0) is 32.3. The van der Waals surface area contributed by atoms with Crippen molar-refractivity contribution >= 4 is 71.6 Å². The Labute approximate surface area is 283 Å². The van der Waals surface area contributed by atoms with Crippen LogP contribution in [0.25, 0.3) is 71.3 Å². The molecule has 0 atom stereocenters. The number of rotatable bonds is 5. The highest BCUT2D eigenvalue weighted by molar-refractivity contribution is 6.12. The van der Waals surface area contributed by atoms with Crippen LogP contribution in [0.2, 0.25) is 0 Å². The highest BCUT2D eigenvalue weighted by Gasteiger charge is 2.18. The van der Waals surface area contributed by atoms with Gasteiger partial charge >= 0.3 is 0 Å². The van der Waals surface area contributed by atoms with Gasteiger partial charge in [0.2, 0.25) is 0 Å². The van der Waals surface area contributed by atoms with E-state index in [0.29, 0.717) is 0 Å². The number of nitrogens with zero attached hydrogens (tertiary/aromatic N) is 2. The number of furan rings is 1. The molecule has 0 saturated heterocycles. The molecule has 0 unspecified atom stereocenters. The molecule has 0 amide bonds. The van der Waals surface area contributed by atoms with Crippen LogP contribution in [0.15, 0.2) is 186 Å². The number of fused-ring (bicyclic) bond motifs is 7. The average Bonchev–Trinajstić information content (AvgIpc) is 3.69. The normalized spacial score (nSPS) is 11.7. The Morgan fingerprint density at radius 3 is 1.84 bits per heavy atom. The molecule has 0 N–H and O–H groups in total. The fraction of sp³-hybridized carbons (Fsp3) is 0. The lowest BCUT2D eigenvalue weighted by Gasteiger charge is -2.26. The number of hydrogen-bond acceptors (Lipinski definition) is 2. The van der Waals surface area contributed by atoms with E-state index in [1.165, 1.54) is 38.3 Å². The van der Waals surface area contributed by atoms with Crippen LogP contribution in [0.4, 0.5) is 17.1 Å². The second-order valence-corrected chi connectivity index (χ2v) is 12.6. The van der Waals surface area contributed by atoms with Gasteiger partial charge in [0.05, 0.1) is 11.0 Å². The minimum atomic E-state index is 0.901. The Morgan fingerprint density at radius 1 is 0.367 bits per heavy atom. The molecule has 2 heterocycles. The maximum absolute atomic E-state index is 6.30. The molecule has 230 valence electrons. The molecule has 49 heavy (non-hydrogen) atoms. The largest absolute Gasteiger partial charge is 0.456 e. The third kappa shape index (κ3) is 4.51. The van der Waals surface area contributed by atoms with Crippen molar-refractivity contribution in [3.8, 4) is 16.8 Å². The van der Waals surface area contributed by atoms with Gasteiger partial charge in [-0.25, -0.2) is 0 Å². The van der Waals surface area contributed by atoms with E-state index in [1.807, 2.05) is 12.1 Å². The minimum Gasteiger partial charge on any atom is -0.456 e. The van der Waals surface area contributed by atoms with E-state index in [1.54, 1.807) is 0 Å². The van der Waals surface area contributed by atoms with Gasteiger partial charge < -0.3 is 13.9 Å². The fourth-order valence-electron chi connectivity index (χ4n) is 7.43. The molecule has 0 radical (unpaired) electrons. The summed E-state index contributed by atoms with van der Waals surface area (Å²) >= 11 is 0. The summed E-state index contributed by atoms with van der Waals surface area (Å²) in [6.45, 7) is 0. The van der Waals surface area contributed by atoms with E-state index in [-0.39, 0.29) is 0 Å². The third-order valence-corrected chi connectivity index (χ3v) is 9.74. The first-order valence-electron chi connectivity index (χ1n) is 16.7. The average molecular weight is 627 g/mol. The lowest BCUT2D eigenvalue weighted by atomic mass is 10.0. The second kappa shape index (κ2) is 11.0. The zero-order valence-corrected chi connectivity index (χ0v) is 26.6. The fourth-order valence-corrected chi connectivity index (χ4v) is 7.43. The van der Waals surface area contributed by atoms with E-state index < -0.39 is 0 Å². The quantitative estimate of drug-likeness (QED) is 0.190. The van der Waals surface area contributed by atoms with Gasteiger partial charge in [-0.05, 0) is 94.7 Å². The molecule has 0 bridgehead atoms. The van der Waals surface area contributed by atoms with Gasteiger partial charge in [0.15, 0.2) is 0 Å². The molecule has 8 aromatic carbocycles. The van der Waals surface area contributed by atoms with Crippen molar-refractivity contribution in [2.75, 3.05) is 4.90 Å². The Hall–Kier alpha value is -6.58. The van der Waals surface area contributed by atoms with Gasteiger partial charge in [-0.3, -0.25) is 0 Å². The van der Waals surface area contributed by atoms with E-state index in [4.69, 9.17) is 4.42 Å². The third-order valence-electron chi connectivity index (χ3n) is 9.74. The first-order valence-corrected chi connectivity index (χ1v) is 16.7. The Morgan fingerprint density at radius 2 is 1.00 bits per heavy atom. The van der Waals surface area contributed by atoms with Crippen LogP contribution in [-0.4, -0.2) is 4.57 Å². The van der Waals surface area contributed by atoms with Gasteiger partial charge in [-0.15, -0.1) is 0 Å². The number of benzene rings is 8. The van der Waals surface area contributed by atoms with E-state index in [2.05, 4.69) is 179 Å². The van der Waals surface area contributed by atoms with Crippen molar-refractivity contribution in [3.63, 3.8) is 0 Å². The number of hydrogen-bond donors (Lipinski definition) is 0. The van der Waals surface area contributed by atoms with E-state index >= 15 is 0 Å². The predicted molar refractivity (Wildman–Crippen MR) is 206 cm³/mol. The minimum absolute atomic E-state index is 0.901. The van der Waals surface area contributed by atoms with Crippen molar-refractivity contribution in [2.45, 2.75) is 0 Å². The Bertz CT molecular complexity index is 2810. The van der Waals surface area contributed by atoms with E-state index in [9.17, 15) is 0 Å². The van der Waals surface area contributed by atoms with Crippen molar-refractivity contribution < 1.29 is 4.42 Å². The molecule has 3 nitrogen and oxygen atoms in total. The van der Waals surface area contributed by atoms with Gasteiger partial charge in [-0.1, -0.05) is 109 Å². The molecule has 0 spiro atoms. The van der Waals surface area contributed by atoms with Crippen LogP contribution in [0.1, 0.15) is 0 Å². The van der Waals surface area contributed by atoms with Crippen LogP contribution in [0, 0.1) is 0 Å². The van der Waals surface area contributed by atoms with E-state index in [0.717, 1.165) is 50.1 Å². The van der Waals surface area contributed by atoms with Gasteiger partial charge in [-0.2, -0.15) is 0 Å². The molecule has 0 fully saturated rings. The summed E-state index contributed by atoms with van der Waals surface area (Å²) < 4.78 is 8.68. The smallest absolute Gasteiger partial charge is 0.136 e. The zero-order valence-electron chi connectivity index (χ0n) is 26.6. The summed E-state index contributed by atoms with van der Waals surface area (Å²) in [5, 5.41) is 7.07. The first-order chi connectivity index (χ1) is 24.3. The molecule has 0 aliphatic carbocycles. The SMILES string of the molecule is c1ccc(-c2ccc(N(c3ccc4cc5c(cc4c3)oc3ccccc35)c3ccc4c5ccccc5n(-c5ccccc5)c4c3)cc2)cc1. The molecule has 0 saturated carbocycles. The monoisotopic (exact) mass is 626 g/mol. The lowest BCUT2D eigenvalue weighted by Crippen LogP contribution is -2.10. The Balaban J connectivity index is 1.19. The highest BCUT2D eigenvalue weighted by atomic mass is 16.3. The topological polar surface area (TPSA) is 21.3 Å². The molecule has 2 aromatic heterocycles. The molecule has 0 aliphatic rings. The standard InChI is InChI=1S/C46H30N2O/c1-3-11-31(12-4-1)32-19-22-36(23-20-32)47(37-24-21-33-28-42-41-16-8-10-18-45(41)49-46(42)29-34(33)27-37)38-25-26-40-39-15-7-9-17-43(39)48(44(40)30-38)35-13-5-2-6-14-35/h1-30H. The molecular weight excluding hydrogens is 597 g/mol. The van der Waals surface area contributed by atoms with Crippen LogP contribution >= 0.6 is 0 Å². The maximum Gasteiger partial charge on any atom is 0.136 e. The molecule has 3 heteroatoms. The maximum atomic E-state index is 6.30. The summed E-state index contributed by atoms with van der Waals surface area (Å²) in [7, 11) is 0. The van der Waals surface area contributed by atoms with Gasteiger partial charge in [0.1, 0.15) is 11.2 Å².